The fraction of sp³-hybridized carbons (Fsp3) is 0.333. The van der Waals surface area contributed by atoms with E-state index in [1.807, 2.05) is 0 Å². The van der Waals surface area contributed by atoms with Crippen molar-refractivity contribution in [3.05, 3.63) is 64.4 Å². The normalized spacial score (nSPS) is 11.8. The molecule has 0 fully saturated rings. The molecule has 0 aliphatic rings. The van der Waals surface area contributed by atoms with Gasteiger partial charge in [-0.1, -0.05) is 23.7 Å². The molecule has 0 heterocycles. The first kappa shape index (κ1) is 24.8. The van der Waals surface area contributed by atoms with Crippen molar-refractivity contribution in [2.24, 2.45) is 0 Å². The van der Waals surface area contributed by atoms with Crippen LogP contribution in [0.15, 0.2) is 47.4 Å². The van der Waals surface area contributed by atoms with Gasteiger partial charge in [-0.3, -0.25) is 4.79 Å². The minimum Gasteiger partial charge on any atom is -0.452 e. The van der Waals surface area contributed by atoms with E-state index in [4.69, 9.17) is 16.3 Å². The van der Waals surface area contributed by atoms with Gasteiger partial charge in [0, 0.05) is 19.1 Å². The van der Waals surface area contributed by atoms with E-state index in [9.17, 15) is 22.4 Å². The molecule has 0 aromatic heterocycles. The topological polar surface area (TPSA) is 92.8 Å². The second-order valence-electron chi connectivity index (χ2n) is 7.96. The molecule has 168 valence electrons. The number of sulfonamides is 1. The predicted octanol–water partition coefficient (Wildman–Crippen LogP) is 3.37. The summed E-state index contributed by atoms with van der Waals surface area (Å²) >= 11 is 6.01. The summed E-state index contributed by atoms with van der Waals surface area (Å²) in [5.41, 5.74) is -0.238. The average Bonchev–Trinajstić information content (AvgIpc) is 2.64. The van der Waals surface area contributed by atoms with Crippen molar-refractivity contribution in [1.82, 2.24) is 9.62 Å². The zero-order valence-electron chi connectivity index (χ0n) is 17.6. The fourth-order valence-corrected chi connectivity index (χ4v) is 4.56. The number of rotatable bonds is 7. The Balaban J connectivity index is 2.06. The maximum absolute atomic E-state index is 13.3. The van der Waals surface area contributed by atoms with Crippen molar-refractivity contribution in [3.63, 3.8) is 0 Å². The van der Waals surface area contributed by atoms with Gasteiger partial charge in [-0.2, -0.15) is 0 Å². The first-order valence-corrected chi connectivity index (χ1v) is 11.1. The van der Waals surface area contributed by atoms with Crippen LogP contribution in [0, 0.1) is 5.82 Å². The number of benzene rings is 2. The van der Waals surface area contributed by atoms with Gasteiger partial charge in [0.25, 0.3) is 5.91 Å². The molecule has 0 aliphatic carbocycles. The summed E-state index contributed by atoms with van der Waals surface area (Å²) in [6.07, 6.45) is 0. The summed E-state index contributed by atoms with van der Waals surface area (Å²) in [5, 5.41) is -0.0563. The quantitative estimate of drug-likeness (QED) is 0.626. The van der Waals surface area contributed by atoms with Crippen molar-refractivity contribution >= 4 is 33.5 Å². The number of nitrogens with one attached hydrogen (secondary N) is 1. The minimum absolute atomic E-state index is 0.0563. The Labute approximate surface area is 186 Å². The second kappa shape index (κ2) is 9.76. The summed E-state index contributed by atoms with van der Waals surface area (Å²) in [6.45, 7) is 4.58. The standard InChI is InChI=1S/C21H24ClFN2O5S/c1-21(2,3)24-31(28,29)18-11-15(8-9-17(18)22)20(27)30-13-19(26)25(4)12-14-6-5-7-16(23)10-14/h5-11,24H,12-13H2,1-4H3. The maximum Gasteiger partial charge on any atom is 0.338 e. The number of carbonyl (C=O) groups is 2. The van der Waals surface area contributed by atoms with Gasteiger partial charge in [0.2, 0.25) is 10.0 Å². The van der Waals surface area contributed by atoms with Crippen LogP contribution in [-0.4, -0.2) is 44.4 Å². The van der Waals surface area contributed by atoms with Crippen LogP contribution < -0.4 is 4.72 Å². The van der Waals surface area contributed by atoms with E-state index < -0.39 is 39.9 Å². The van der Waals surface area contributed by atoms with Crippen LogP contribution in [0.2, 0.25) is 5.02 Å². The van der Waals surface area contributed by atoms with Crippen LogP contribution in [0.4, 0.5) is 4.39 Å². The Morgan fingerprint density at radius 1 is 1.16 bits per heavy atom. The Hall–Kier alpha value is -2.49. The first-order chi connectivity index (χ1) is 14.3. The molecule has 1 amide bonds. The minimum atomic E-state index is -3.98. The molecule has 7 nitrogen and oxygen atoms in total. The third-order valence-corrected chi connectivity index (χ3v) is 6.20. The van der Waals surface area contributed by atoms with Gasteiger partial charge in [-0.05, 0) is 56.7 Å². The Kier molecular flexibility index (Phi) is 7.80. The van der Waals surface area contributed by atoms with E-state index in [1.54, 1.807) is 26.8 Å². The van der Waals surface area contributed by atoms with Crippen molar-refractivity contribution in [3.8, 4) is 0 Å². The van der Waals surface area contributed by atoms with Gasteiger partial charge in [0.15, 0.2) is 6.61 Å². The largest absolute Gasteiger partial charge is 0.452 e. The molecular formula is C21H24ClFN2O5S. The summed E-state index contributed by atoms with van der Waals surface area (Å²) < 4.78 is 45.9. The summed E-state index contributed by atoms with van der Waals surface area (Å²) in [6, 6.07) is 9.47. The van der Waals surface area contributed by atoms with Crippen molar-refractivity contribution in [1.29, 1.82) is 0 Å². The lowest BCUT2D eigenvalue weighted by atomic mass is 10.1. The Morgan fingerprint density at radius 3 is 2.45 bits per heavy atom. The number of carbonyl (C=O) groups excluding carboxylic acids is 2. The van der Waals surface area contributed by atoms with Crippen LogP contribution in [0.3, 0.4) is 0 Å². The molecule has 0 saturated carbocycles. The van der Waals surface area contributed by atoms with Crippen molar-refractivity contribution < 1.29 is 27.1 Å². The summed E-state index contributed by atoms with van der Waals surface area (Å²) in [5.74, 6) is -1.80. The average molecular weight is 471 g/mol. The third kappa shape index (κ3) is 7.30. The molecule has 0 radical (unpaired) electrons. The molecular weight excluding hydrogens is 447 g/mol. The molecule has 31 heavy (non-hydrogen) atoms. The van der Waals surface area contributed by atoms with Crippen LogP contribution >= 0.6 is 11.6 Å². The van der Waals surface area contributed by atoms with E-state index in [0.717, 1.165) is 6.07 Å². The van der Waals surface area contributed by atoms with Gasteiger partial charge in [0.1, 0.15) is 10.7 Å². The lowest BCUT2D eigenvalue weighted by Crippen LogP contribution is -2.40. The highest BCUT2D eigenvalue weighted by molar-refractivity contribution is 7.89. The lowest BCUT2D eigenvalue weighted by Gasteiger charge is -2.21. The maximum atomic E-state index is 13.3. The first-order valence-electron chi connectivity index (χ1n) is 9.27. The Morgan fingerprint density at radius 2 is 1.84 bits per heavy atom. The molecule has 2 aromatic rings. The molecule has 0 spiro atoms. The van der Waals surface area contributed by atoms with Crippen LogP contribution in [0.1, 0.15) is 36.7 Å². The number of halogens is 2. The number of nitrogens with zero attached hydrogens (tertiary/aromatic N) is 1. The molecule has 0 unspecified atom stereocenters. The van der Waals surface area contributed by atoms with Crippen molar-refractivity contribution in [2.75, 3.05) is 13.7 Å². The molecule has 2 aromatic carbocycles. The van der Waals surface area contributed by atoms with E-state index >= 15 is 0 Å². The third-order valence-electron chi connectivity index (χ3n) is 3.96. The monoisotopic (exact) mass is 470 g/mol. The number of likely N-dealkylation sites (N-methyl/N-ethyl adjacent to an activating group) is 1. The molecule has 0 aliphatic heterocycles. The molecule has 0 saturated heterocycles. The number of hydrogen-bond acceptors (Lipinski definition) is 5. The Bertz CT molecular complexity index is 1080. The second-order valence-corrected chi connectivity index (χ2v) is 10.0. The predicted molar refractivity (Wildman–Crippen MR) is 115 cm³/mol. The number of esters is 1. The molecule has 0 atom stereocenters. The fourth-order valence-electron chi connectivity index (χ4n) is 2.61. The highest BCUT2D eigenvalue weighted by atomic mass is 35.5. The zero-order chi connectivity index (χ0) is 23.4. The summed E-state index contributed by atoms with van der Waals surface area (Å²) in [4.78, 5) is 25.6. The van der Waals surface area contributed by atoms with Crippen LogP contribution in [0.5, 0.6) is 0 Å². The number of ether oxygens (including phenoxy) is 1. The van der Waals surface area contributed by atoms with Gasteiger partial charge in [0.05, 0.1) is 10.6 Å². The van der Waals surface area contributed by atoms with Gasteiger partial charge in [-0.15, -0.1) is 0 Å². The number of hydrogen-bond donors (Lipinski definition) is 1. The van der Waals surface area contributed by atoms with Gasteiger partial charge < -0.3 is 9.64 Å². The van der Waals surface area contributed by atoms with E-state index in [0.29, 0.717) is 5.56 Å². The van der Waals surface area contributed by atoms with Crippen molar-refractivity contribution in [2.45, 2.75) is 37.8 Å². The molecule has 2 rings (SSSR count). The van der Waals surface area contributed by atoms with Gasteiger partial charge >= 0.3 is 5.97 Å². The zero-order valence-corrected chi connectivity index (χ0v) is 19.2. The van der Waals surface area contributed by atoms with E-state index in [2.05, 4.69) is 4.72 Å². The van der Waals surface area contributed by atoms with E-state index in [-0.39, 0.29) is 22.0 Å². The lowest BCUT2D eigenvalue weighted by molar-refractivity contribution is -0.133. The SMILES string of the molecule is CN(Cc1cccc(F)c1)C(=O)COC(=O)c1ccc(Cl)c(S(=O)(=O)NC(C)(C)C)c1. The molecule has 0 bridgehead atoms. The highest BCUT2D eigenvalue weighted by Gasteiger charge is 2.26. The van der Waals surface area contributed by atoms with Crippen LogP contribution in [-0.2, 0) is 26.1 Å². The number of amides is 1. The van der Waals surface area contributed by atoms with Crippen LogP contribution in [0.25, 0.3) is 0 Å². The summed E-state index contributed by atoms with van der Waals surface area (Å²) in [7, 11) is -2.49. The van der Waals surface area contributed by atoms with Gasteiger partial charge in [-0.25, -0.2) is 22.3 Å². The smallest absolute Gasteiger partial charge is 0.338 e. The molecule has 1 N–H and O–H groups in total. The van der Waals surface area contributed by atoms with E-state index in [1.165, 1.54) is 42.3 Å². The highest BCUT2D eigenvalue weighted by Crippen LogP contribution is 2.24. The molecule has 10 heteroatoms.